The van der Waals surface area contributed by atoms with Crippen molar-refractivity contribution in [1.29, 1.82) is 0 Å². The van der Waals surface area contributed by atoms with Gasteiger partial charge in [-0.2, -0.15) is 4.98 Å². The lowest BCUT2D eigenvalue weighted by Gasteiger charge is -2.35. The summed E-state index contributed by atoms with van der Waals surface area (Å²) in [6.45, 7) is 6.17. The highest BCUT2D eigenvalue weighted by Gasteiger charge is 2.25. The van der Waals surface area contributed by atoms with E-state index in [9.17, 15) is 13.6 Å². The van der Waals surface area contributed by atoms with Gasteiger partial charge in [0.1, 0.15) is 5.82 Å². The highest BCUT2D eigenvalue weighted by molar-refractivity contribution is 5.94. The van der Waals surface area contributed by atoms with Gasteiger partial charge in [0.05, 0.1) is 0 Å². The van der Waals surface area contributed by atoms with Crippen LogP contribution in [0.3, 0.4) is 0 Å². The van der Waals surface area contributed by atoms with Crippen molar-refractivity contribution in [1.82, 2.24) is 14.9 Å². The van der Waals surface area contributed by atoms with E-state index in [-0.39, 0.29) is 11.5 Å². The van der Waals surface area contributed by atoms with Gasteiger partial charge in [0.25, 0.3) is 5.91 Å². The summed E-state index contributed by atoms with van der Waals surface area (Å²) in [4.78, 5) is 28.0. The van der Waals surface area contributed by atoms with Gasteiger partial charge in [0.15, 0.2) is 11.6 Å². The van der Waals surface area contributed by atoms with Gasteiger partial charge in [-0.1, -0.05) is 0 Å². The fraction of sp³-hybridized carbons (Fsp3) is 0.476. The largest absolute Gasteiger partial charge is 0.356 e. The maximum absolute atomic E-state index is 13.4. The summed E-state index contributed by atoms with van der Waals surface area (Å²) < 4.78 is 26.6. The molecule has 2 saturated heterocycles. The van der Waals surface area contributed by atoms with E-state index in [0.29, 0.717) is 32.1 Å². The quantitative estimate of drug-likeness (QED) is 0.791. The van der Waals surface area contributed by atoms with Gasteiger partial charge in [-0.05, 0) is 44.4 Å². The average Bonchev–Trinajstić information content (AvgIpc) is 2.75. The van der Waals surface area contributed by atoms with Crippen LogP contribution in [0.4, 0.5) is 20.5 Å². The molecule has 2 aliphatic rings. The zero-order valence-electron chi connectivity index (χ0n) is 16.6. The molecular formula is C21H25F2N5O. The zero-order chi connectivity index (χ0) is 20.4. The summed E-state index contributed by atoms with van der Waals surface area (Å²) in [7, 11) is 0. The molecule has 0 unspecified atom stereocenters. The maximum Gasteiger partial charge on any atom is 0.254 e. The number of hydrogen-bond donors (Lipinski definition) is 0. The standard InChI is InChI=1S/C21H25F2N5O/c1-15-13-19(26-7-3-2-4-8-26)25-21(24-15)28-11-9-27(10-12-28)20(29)16-5-6-17(22)18(23)14-16/h5-6,13-14H,2-4,7-12H2,1H3. The fourth-order valence-corrected chi connectivity index (χ4v) is 3.88. The molecular weight excluding hydrogens is 376 g/mol. The first-order valence-corrected chi connectivity index (χ1v) is 10.1. The molecule has 0 atom stereocenters. The van der Waals surface area contributed by atoms with Gasteiger partial charge in [0, 0.05) is 56.6 Å². The Balaban J connectivity index is 1.43. The molecule has 1 amide bonds. The third kappa shape index (κ3) is 4.31. The van der Waals surface area contributed by atoms with Gasteiger partial charge in [-0.3, -0.25) is 4.79 Å². The Kier molecular flexibility index (Phi) is 5.60. The van der Waals surface area contributed by atoms with Crippen LogP contribution in [0.1, 0.15) is 35.3 Å². The van der Waals surface area contributed by atoms with Gasteiger partial charge < -0.3 is 14.7 Å². The Morgan fingerprint density at radius 3 is 2.28 bits per heavy atom. The first-order valence-electron chi connectivity index (χ1n) is 10.1. The Bertz CT molecular complexity index is 893. The molecule has 6 nitrogen and oxygen atoms in total. The molecule has 2 aliphatic heterocycles. The number of rotatable bonds is 3. The van der Waals surface area contributed by atoms with Crippen LogP contribution >= 0.6 is 0 Å². The highest BCUT2D eigenvalue weighted by atomic mass is 19.2. The monoisotopic (exact) mass is 401 g/mol. The molecule has 154 valence electrons. The average molecular weight is 401 g/mol. The number of hydrogen-bond acceptors (Lipinski definition) is 5. The van der Waals surface area contributed by atoms with Crippen molar-refractivity contribution in [3.8, 4) is 0 Å². The molecule has 0 radical (unpaired) electrons. The number of nitrogens with zero attached hydrogens (tertiary/aromatic N) is 5. The van der Waals surface area contributed by atoms with Gasteiger partial charge in [-0.15, -0.1) is 0 Å². The van der Waals surface area contributed by atoms with Crippen molar-refractivity contribution < 1.29 is 13.6 Å². The number of carbonyl (C=O) groups is 1. The van der Waals surface area contributed by atoms with Crippen molar-refractivity contribution in [3.05, 3.63) is 47.2 Å². The van der Waals surface area contributed by atoms with E-state index in [1.807, 2.05) is 13.0 Å². The maximum atomic E-state index is 13.4. The lowest BCUT2D eigenvalue weighted by molar-refractivity contribution is 0.0745. The van der Waals surface area contributed by atoms with E-state index in [4.69, 9.17) is 4.98 Å². The minimum absolute atomic E-state index is 0.163. The molecule has 0 bridgehead atoms. The Morgan fingerprint density at radius 1 is 0.862 bits per heavy atom. The third-order valence-corrected chi connectivity index (χ3v) is 5.53. The SMILES string of the molecule is Cc1cc(N2CCCCC2)nc(N2CCN(C(=O)c3ccc(F)c(F)c3)CC2)n1. The molecule has 4 rings (SSSR count). The number of benzene rings is 1. The molecule has 2 fully saturated rings. The lowest BCUT2D eigenvalue weighted by atomic mass is 10.1. The molecule has 3 heterocycles. The van der Waals surface area contributed by atoms with Gasteiger partial charge in [-0.25, -0.2) is 13.8 Å². The second kappa shape index (κ2) is 8.31. The first-order chi connectivity index (χ1) is 14.0. The smallest absolute Gasteiger partial charge is 0.254 e. The molecule has 0 aliphatic carbocycles. The Hall–Kier alpha value is -2.77. The summed E-state index contributed by atoms with van der Waals surface area (Å²) in [6.07, 6.45) is 3.63. The second-order valence-electron chi connectivity index (χ2n) is 7.62. The lowest BCUT2D eigenvalue weighted by Crippen LogP contribution is -2.49. The van der Waals surface area contributed by atoms with Crippen molar-refractivity contribution in [2.75, 3.05) is 49.1 Å². The number of aromatic nitrogens is 2. The molecule has 0 spiro atoms. The van der Waals surface area contributed by atoms with Crippen molar-refractivity contribution in [2.24, 2.45) is 0 Å². The first kappa shape index (κ1) is 19.5. The van der Waals surface area contributed by atoms with Gasteiger partial charge in [0.2, 0.25) is 5.95 Å². The van der Waals surface area contributed by atoms with Crippen LogP contribution < -0.4 is 9.80 Å². The van der Waals surface area contributed by atoms with Crippen LogP contribution in [0.5, 0.6) is 0 Å². The number of aryl methyl sites for hydroxylation is 1. The molecule has 8 heteroatoms. The minimum atomic E-state index is -1.01. The van der Waals surface area contributed by atoms with Gasteiger partial charge >= 0.3 is 0 Å². The van der Waals surface area contributed by atoms with Crippen LogP contribution in [0.15, 0.2) is 24.3 Å². The number of piperazine rings is 1. The number of carbonyl (C=O) groups excluding carboxylic acids is 1. The molecule has 1 aromatic heterocycles. The molecule has 1 aromatic carbocycles. The number of halogens is 2. The van der Waals surface area contributed by atoms with E-state index >= 15 is 0 Å². The van der Waals surface area contributed by atoms with E-state index < -0.39 is 11.6 Å². The van der Waals surface area contributed by atoms with Crippen molar-refractivity contribution >= 4 is 17.7 Å². The van der Waals surface area contributed by atoms with Crippen LogP contribution in [0.25, 0.3) is 0 Å². The second-order valence-corrected chi connectivity index (χ2v) is 7.62. The third-order valence-electron chi connectivity index (χ3n) is 5.53. The number of piperidine rings is 1. The highest BCUT2D eigenvalue weighted by Crippen LogP contribution is 2.22. The van der Waals surface area contributed by atoms with Crippen LogP contribution in [0.2, 0.25) is 0 Å². The normalized spacial score (nSPS) is 17.6. The van der Waals surface area contributed by atoms with Crippen LogP contribution in [-0.2, 0) is 0 Å². The van der Waals surface area contributed by atoms with Crippen molar-refractivity contribution in [2.45, 2.75) is 26.2 Å². The van der Waals surface area contributed by atoms with E-state index in [1.165, 1.54) is 25.3 Å². The van der Waals surface area contributed by atoms with E-state index in [0.717, 1.165) is 36.7 Å². The van der Waals surface area contributed by atoms with Crippen LogP contribution in [-0.4, -0.2) is 60.0 Å². The predicted molar refractivity (Wildman–Crippen MR) is 107 cm³/mol. The van der Waals surface area contributed by atoms with E-state index in [1.54, 1.807) is 4.90 Å². The van der Waals surface area contributed by atoms with Crippen molar-refractivity contribution in [3.63, 3.8) is 0 Å². The minimum Gasteiger partial charge on any atom is -0.356 e. The molecule has 0 saturated carbocycles. The molecule has 29 heavy (non-hydrogen) atoms. The van der Waals surface area contributed by atoms with E-state index in [2.05, 4.69) is 14.8 Å². The zero-order valence-corrected chi connectivity index (χ0v) is 16.6. The summed E-state index contributed by atoms with van der Waals surface area (Å²) in [6, 6.07) is 5.29. The molecule has 0 N–H and O–H groups in total. The summed E-state index contributed by atoms with van der Waals surface area (Å²) in [5.74, 6) is -0.596. The number of amides is 1. The Morgan fingerprint density at radius 2 is 1.59 bits per heavy atom. The topological polar surface area (TPSA) is 52.6 Å². The summed E-state index contributed by atoms with van der Waals surface area (Å²) >= 11 is 0. The predicted octanol–water partition coefficient (Wildman–Crippen LogP) is 3.02. The number of anilines is 2. The molecule has 2 aromatic rings. The van der Waals surface area contributed by atoms with Crippen LogP contribution in [0, 0.1) is 18.6 Å². The fourth-order valence-electron chi connectivity index (χ4n) is 3.88. The Labute approximate surface area is 169 Å². The summed E-state index contributed by atoms with van der Waals surface area (Å²) in [5, 5.41) is 0. The summed E-state index contributed by atoms with van der Waals surface area (Å²) in [5.41, 5.74) is 1.09.